The second-order valence-electron chi connectivity index (χ2n) is 5.31. The third kappa shape index (κ3) is 4.55. The molecule has 1 N–H and O–H groups in total. The van der Waals surface area contributed by atoms with E-state index in [1.54, 1.807) is 0 Å². The van der Waals surface area contributed by atoms with Crippen molar-refractivity contribution in [1.82, 2.24) is 10.2 Å². The number of rotatable bonds is 5. The number of halogens is 2. The highest BCUT2D eigenvalue weighted by molar-refractivity contribution is 9.10. The third-order valence-electron chi connectivity index (χ3n) is 3.78. The Hall–Kier alpha value is -0.450. The van der Waals surface area contributed by atoms with Gasteiger partial charge in [-0.1, -0.05) is 28.4 Å². The maximum atomic E-state index is 13.0. The number of piperidine rings is 1. The van der Waals surface area contributed by atoms with Crippen LogP contribution in [-0.4, -0.2) is 30.6 Å². The van der Waals surface area contributed by atoms with Gasteiger partial charge in [-0.25, -0.2) is 4.39 Å². The Morgan fingerprint density at radius 1 is 1.32 bits per heavy atom. The number of benzene rings is 1. The molecule has 19 heavy (non-hydrogen) atoms. The molecule has 1 fully saturated rings. The van der Waals surface area contributed by atoms with Crippen LogP contribution in [0.25, 0.3) is 0 Å². The van der Waals surface area contributed by atoms with E-state index in [4.69, 9.17) is 0 Å². The molecule has 0 aliphatic carbocycles. The van der Waals surface area contributed by atoms with E-state index < -0.39 is 0 Å². The Morgan fingerprint density at radius 2 is 2.05 bits per heavy atom. The van der Waals surface area contributed by atoms with Crippen LogP contribution in [0.5, 0.6) is 0 Å². The lowest BCUT2D eigenvalue weighted by atomic mass is 10.1. The Labute approximate surface area is 123 Å². The quantitative estimate of drug-likeness (QED) is 0.889. The summed E-state index contributed by atoms with van der Waals surface area (Å²) in [6.45, 7) is 6.48. The van der Waals surface area contributed by atoms with E-state index in [0.29, 0.717) is 6.04 Å². The average molecular weight is 329 g/mol. The van der Waals surface area contributed by atoms with Crippen molar-refractivity contribution in [2.75, 3.05) is 19.6 Å². The first-order chi connectivity index (χ1) is 9.16. The molecular formula is C15H22BrFN2. The van der Waals surface area contributed by atoms with E-state index in [9.17, 15) is 4.39 Å². The summed E-state index contributed by atoms with van der Waals surface area (Å²) in [7, 11) is 0. The summed E-state index contributed by atoms with van der Waals surface area (Å²) in [5.41, 5.74) is 1.10. The Bertz CT molecular complexity index is 405. The molecule has 0 amide bonds. The summed E-state index contributed by atoms with van der Waals surface area (Å²) in [5.74, 6) is -0.197. The highest BCUT2D eigenvalue weighted by Crippen LogP contribution is 2.18. The smallest absolute Gasteiger partial charge is 0.124 e. The molecule has 2 rings (SSSR count). The topological polar surface area (TPSA) is 15.3 Å². The van der Waals surface area contributed by atoms with E-state index in [0.717, 1.165) is 23.1 Å². The van der Waals surface area contributed by atoms with Crippen LogP contribution in [0.3, 0.4) is 0 Å². The van der Waals surface area contributed by atoms with Crippen LogP contribution in [0.1, 0.15) is 31.7 Å². The third-order valence-corrected chi connectivity index (χ3v) is 4.52. The molecule has 0 aromatic heterocycles. The minimum Gasteiger partial charge on any atom is -0.311 e. The van der Waals surface area contributed by atoms with E-state index in [1.165, 1.54) is 44.5 Å². The van der Waals surface area contributed by atoms with Crippen molar-refractivity contribution in [2.45, 2.75) is 38.8 Å². The maximum absolute atomic E-state index is 13.0. The molecule has 1 aromatic rings. The minimum atomic E-state index is -0.197. The molecule has 1 aliphatic rings. The second-order valence-corrected chi connectivity index (χ2v) is 6.17. The first kappa shape index (κ1) is 14.9. The molecule has 0 spiro atoms. The lowest BCUT2D eigenvalue weighted by Crippen LogP contribution is -2.42. The average Bonchev–Trinajstić information content (AvgIpc) is 2.42. The summed E-state index contributed by atoms with van der Waals surface area (Å²) in [6, 6.07) is 5.43. The number of nitrogens with zero attached hydrogens (tertiary/aromatic N) is 1. The molecular weight excluding hydrogens is 307 g/mol. The van der Waals surface area contributed by atoms with E-state index in [2.05, 4.69) is 33.1 Å². The van der Waals surface area contributed by atoms with Gasteiger partial charge >= 0.3 is 0 Å². The van der Waals surface area contributed by atoms with Gasteiger partial charge < -0.3 is 5.32 Å². The fourth-order valence-corrected chi connectivity index (χ4v) is 3.06. The number of hydrogen-bond donors (Lipinski definition) is 1. The van der Waals surface area contributed by atoms with Gasteiger partial charge in [-0.15, -0.1) is 0 Å². The van der Waals surface area contributed by atoms with Crippen molar-refractivity contribution >= 4 is 15.9 Å². The van der Waals surface area contributed by atoms with Crippen molar-refractivity contribution < 1.29 is 4.39 Å². The largest absolute Gasteiger partial charge is 0.311 e. The molecule has 1 unspecified atom stereocenters. The van der Waals surface area contributed by atoms with Crippen LogP contribution < -0.4 is 5.32 Å². The Balaban J connectivity index is 1.76. The van der Waals surface area contributed by atoms with Gasteiger partial charge in [0.25, 0.3) is 0 Å². The molecule has 0 saturated carbocycles. The molecule has 106 valence electrons. The molecule has 0 bridgehead atoms. The zero-order valence-electron chi connectivity index (χ0n) is 11.5. The summed E-state index contributed by atoms with van der Waals surface area (Å²) < 4.78 is 13.8. The van der Waals surface area contributed by atoms with Crippen LogP contribution in [0.15, 0.2) is 22.7 Å². The summed E-state index contributed by atoms with van der Waals surface area (Å²) >= 11 is 3.40. The molecule has 2 nitrogen and oxygen atoms in total. The predicted molar refractivity (Wildman–Crippen MR) is 80.7 cm³/mol. The maximum Gasteiger partial charge on any atom is 0.124 e. The minimum absolute atomic E-state index is 0.197. The van der Waals surface area contributed by atoms with Crippen LogP contribution in [-0.2, 0) is 6.54 Å². The Morgan fingerprint density at radius 3 is 2.74 bits per heavy atom. The van der Waals surface area contributed by atoms with Gasteiger partial charge in [0.2, 0.25) is 0 Å². The van der Waals surface area contributed by atoms with Gasteiger partial charge in [0.1, 0.15) is 5.82 Å². The highest BCUT2D eigenvalue weighted by Gasteiger charge is 2.16. The number of hydrogen-bond acceptors (Lipinski definition) is 2. The lowest BCUT2D eigenvalue weighted by molar-refractivity contribution is 0.170. The van der Waals surface area contributed by atoms with E-state index >= 15 is 0 Å². The van der Waals surface area contributed by atoms with Crippen molar-refractivity contribution in [1.29, 1.82) is 0 Å². The number of nitrogens with one attached hydrogen (secondary N) is 1. The van der Waals surface area contributed by atoms with Crippen LogP contribution >= 0.6 is 15.9 Å². The molecule has 4 heteroatoms. The van der Waals surface area contributed by atoms with Gasteiger partial charge in [-0.05, 0) is 50.6 Å². The highest BCUT2D eigenvalue weighted by atomic mass is 79.9. The summed E-state index contributed by atoms with van der Waals surface area (Å²) in [5, 5.41) is 3.46. The van der Waals surface area contributed by atoms with Crippen LogP contribution in [0, 0.1) is 5.82 Å². The van der Waals surface area contributed by atoms with Crippen molar-refractivity contribution in [3.8, 4) is 0 Å². The monoisotopic (exact) mass is 328 g/mol. The number of likely N-dealkylation sites (tertiary alicyclic amines) is 1. The fourth-order valence-electron chi connectivity index (χ4n) is 2.57. The predicted octanol–water partition coefficient (Wildman–Crippen LogP) is 3.55. The summed E-state index contributed by atoms with van der Waals surface area (Å²) in [6.07, 6.45) is 4.03. The molecule has 1 heterocycles. The van der Waals surface area contributed by atoms with Gasteiger partial charge in [-0.3, -0.25) is 4.90 Å². The molecule has 0 radical (unpaired) electrons. The second kappa shape index (κ2) is 7.36. The molecule has 1 atom stereocenters. The normalized spacial score (nSPS) is 18.5. The van der Waals surface area contributed by atoms with Crippen molar-refractivity contribution in [3.05, 3.63) is 34.1 Å². The van der Waals surface area contributed by atoms with Crippen molar-refractivity contribution in [2.24, 2.45) is 0 Å². The van der Waals surface area contributed by atoms with Crippen LogP contribution in [0.4, 0.5) is 4.39 Å². The fraction of sp³-hybridized carbons (Fsp3) is 0.600. The van der Waals surface area contributed by atoms with Crippen molar-refractivity contribution in [3.63, 3.8) is 0 Å². The molecule has 1 saturated heterocycles. The van der Waals surface area contributed by atoms with E-state index in [1.807, 2.05) is 6.07 Å². The lowest BCUT2D eigenvalue weighted by Gasteiger charge is -2.32. The first-order valence-corrected chi connectivity index (χ1v) is 7.85. The first-order valence-electron chi connectivity index (χ1n) is 7.05. The van der Waals surface area contributed by atoms with Gasteiger partial charge in [0.05, 0.1) is 0 Å². The SMILES string of the molecule is CC(CNCc1ccc(F)cc1Br)N1CCCCC1. The van der Waals surface area contributed by atoms with Gasteiger partial charge in [0.15, 0.2) is 0 Å². The van der Waals surface area contributed by atoms with Gasteiger partial charge in [0, 0.05) is 23.6 Å². The zero-order chi connectivity index (χ0) is 13.7. The van der Waals surface area contributed by atoms with Gasteiger partial charge in [-0.2, -0.15) is 0 Å². The standard InChI is InChI=1S/C15H22BrFN2/c1-12(19-7-3-2-4-8-19)10-18-11-13-5-6-14(17)9-15(13)16/h5-6,9,12,18H,2-4,7-8,10-11H2,1H3. The Kier molecular flexibility index (Phi) is 5.79. The summed E-state index contributed by atoms with van der Waals surface area (Å²) in [4.78, 5) is 2.55. The van der Waals surface area contributed by atoms with Crippen LogP contribution in [0.2, 0.25) is 0 Å². The zero-order valence-corrected chi connectivity index (χ0v) is 13.0. The molecule has 1 aliphatic heterocycles. The van der Waals surface area contributed by atoms with E-state index in [-0.39, 0.29) is 5.82 Å². The molecule has 1 aromatic carbocycles.